The van der Waals surface area contributed by atoms with Gasteiger partial charge in [0.2, 0.25) is 10.0 Å². The highest BCUT2D eigenvalue weighted by molar-refractivity contribution is 7.89. The number of halogens is 1. The molecule has 1 aromatic carbocycles. The van der Waals surface area contributed by atoms with Crippen LogP contribution in [0.25, 0.3) is 0 Å². The van der Waals surface area contributed by atoms with Gasteiger partial charge in [-0.1, -0.05) is 0 Å². The van der Waals surface area contributed by atoms with E-state index < -0.39 is 15.8 Å². The number of ether oxygens (including phenoxy) is 1. The molecule has 0 atom stereocenters. The molecule has 0 radical (unpaired) electrons. The van der Waals surface area contributed by atoms with Gasteiger partial charge in [0.05, 0.1) is 5.69 Å². The van der Waals surface area contributed by atoms with Crippen LogP contribution in [0.15, 0.2) is 35.4 Å². The lowest BCUT2D eigenvalue weighted by Crippen LogP contribution is -2.14. The minimum atomic E-state index is -4.06. The van der Waals surface area contributed by atoms with E-state index in [1.165, 1.54) is 6.07 Å². The summed E-state index contributed by atoms with van der Waals surface area (Å²) in [7, 11) is -4.06. The van der Waals surface area contributed by atoms with Gasteiger partial charge in [0.1, 0.15) is 23.1 Å². The Morgan fingerprint density at radius 2 is 2.10 bits per heavy atom. The van der Waals surface area contributed by atoms with Crippen LogP contribution in [0.1, 0.15) is 25.6 Å². The van der Waals surface area contributed by atoms with Gasteiger partial charge in [-0.3, -0.25) is 4.68 Å². The molecule has 0 saturated heterocycles. The summed E-state index contributed by atoms with van der Waals surface area (Å²) in [6.07, 6.45) is 1.80. The van der Waals surface area contributed by atoms with Crippen molar-refractivity contribution in [3.63, 3.8) is 0 Å². The molecule has 0 aliphatic heterocycles. The lowest BCUT2D eigenvalue weighted by Gasteiger charge is -2.09. The standard InChI is InChI=1S/C13H16FN3O3S/c1-9(2)17-6-5-11(16-17)8-20-12-4-3-10(14)7-13(12)21(15,18)19/h3-7,9H,8H2,1-2H3,(H2,15,18,19). The highest BCUT2D eigenvalue weighted by Gasteiger charge is 2.17. The summed E-state index contributed by atoms with van der Waals surface area (Å²) in [5.74, 6) is -0.701. The predicted molar refractivity (Wildman–Crippen MR) is 74.7 cm³/mol. The first kappa shape index (κ1) is 15.5. The predicted octanol–water partition coefficient (Wildman–Crippen LogP) is 1.83. The van der Waals surface area contributed by atoms with Crippen LogP contribution in [0.2, 0.25) is 0 Å². The van der Waals surface area contributed by atoms with Gasteiger partial charge < -0.3 is 4.74 Å². The Kier molecular flexibility index (Phi) is 4.29. The highest BCUT2D eigenvalue weighted by Crippen LogP contribution is 2.24. The summed E-state index contributed by atoms with van der Waals surface area (Å²) < 4.78 is 43.1. The molecule has 0 spiro atoms. The van der Waals surface area contributed by atoms with E-state index in [1.54, 1.807) is 16.9 Å². The number of sulfonamides is 1. The van der Waals surface area contributed by atoms with E-state index in [4.69, 9.17) is 9.88 Å². The second kappa shape index (κ2) is 5.82. The maximum absolute atomic E-state index is 13.1. The summed E-state index contributed by atoms with van der Waals surface area (Å²) in [6, 6.07) is 5.15. The Balaban J connectivity index is 2.20. The summed E-state index contributed by atoms with van der Waals surface area (Å²) in [6.45, 7) is 4.03. The fourth-order valence-electron chi connectivity index (χ4n) is 1.72. The van der Waals surface area contributed by atoms with Gasteiger partial charge in [-0.05, 0) is 38.1 Å². The van der Waals surface area contributed by atoms with Crippen LogP contribution in [0.5, 0.6) is 5.75 Å². The monoisotopic (exact) mass is 313 g/mol. The summed E-state index contributed by atoms with van der Waals surface area (Å²) >= 11 is 0. The smallest absolute Gasteiger partial charge is 0.241 e. The lowest BCUT2D eigenvalue weighted by atomic mass is 10.3. The van der Waals surface area contributed by atoms with Crippen LogP contribution in [0.3, 0.4) is 0 Å². The third-order valence-corrected chi connectivity index (χ3v) is 3.71. The van der Waals surface area contributed by atoms with E-state index in [-0.39, 0.29) is 23.3 Å². The number of rotatable bonds is 5. The molecule has 1 aromatic heterocycles. The van der Waals surface area contributed by atoms with Crippen molar-refractivity contribution in [3.05, 3.63) is 42.0 Å². The SMILES string of the molecule is CC(C)n1ccc(COc2ccc(F)cc2S(N)(=O)=O)n1. The molecule has 21 heavy (non-hydrogen) atoms. The largest absolute Gasteiger partial charge is 0.486 e. The maximum Gasteiger partial charge on any atom is 0.241 e. The van der Waals surface area contributed by atoms with E-state index in [9.17, 15) is 12.8 Å². The van der Waals surface area contributed by atoms with Gasteiger partial charge in [0, 0.05) is 12.2 Å². The molecule has 0 aliphatic carbocycles. The van der Waals surface area contributed by atoms with Crippen LogP contribution >= 0.6 is 0 Å². The Bertz CT molecular complexity index is 741. The minimum Gasteiger partial charge on any atom is -0.486 e. The zero-order valence-corrected chi connectivity index (χ0v) is 12.5. The number of benzene rings is 1. The van der Waals surface area contributed by atoms with E-state index >= 15 is 0 Å². The van der Waals surface area contributed by atoms with E-state index in [2.05, 4.69) is 5.10 Å². The summed E-state index contributed by atoms with van der Waals surface area (Å²) in [5.41, 5.74) is 0.633. The number of nitrogens with two attached hydrogens (primary N) is 1. The quantitative estimate of drug-likeness (QED) is 0.912. The number of nitrogens with zero attached hydrogens (tertiary/aromatic N) is 2. The normalized spacial score (nSPS) is 11.9. The first-order valence-electron chi connectivity index (χ1n) is 6.26. The molecule has 1 heterocycles. The zero-order valence-electron chi connectivity index (χ0n) is 11.7. The van der Waals surface area contributed by atoms with Gasteiger partial charge in [0.25, 0.3) is 0 Å². The van der Waals surface area contributed by atoms with E-state index in [0.717, 1.165) is 12.1 Å². The molecule has 2 N–H and O–H groups in total. The van der Waals surface area contributed by atoms with Crippen LogP contribution in [-0.4, -0.2) is 18.2 Å². The third kappa shape index (κ3) is 3.79. The van der Waals surface area contributed by atoms with Crippen molar-refractivity contribution in [1.82, 2.24) is 9.78 Å². The average molecular weight is 313 g/mol. The molecule has 0 aliphatic rings. The van der Waals surface area contributed by atoms with E-state index in [1.807, 2.05) is 13.8 Å². The number of primary sulfonamides is 1. The molecule has 0 bridgehead atoms. The second-order valence-corrected chi connectivity index (χ2v) is 6.34. The molecule has 6 nitrogen and oxygen atoms in total. The van der Waals surface area contributed by atoms with E-state index in [0.29, 0.717) is 5.69 Å². The summed E-state index contributed by atoms with van der Waals surface area (Å²) in [4.78, 5) is -0.384. The molecule has 0 unspecified atom stereocenters. The number of hydrogen-bond acceptors (Lipinski definition) is 4. The fourth-order valence-corrected chi connectivity index (χ4v) is 2.40. The molecule has 2 aromatic rings. The van der Waals surface area contributed by atoms with Gasteiger partial charge in [-0.15, -0.1) is 0 Å². The van der Waals surface area contributed by atoms with Gasteiger partial charge in [-0.25, -0.2) is 17.9 Å². The van der Waals surface area contributed by atoms with Crippen molar-refractivity contribution in [2.45, 2.75) is 31.4 Å². The molecule has 114 valence electrons. The van der Waals surface area contributed by atoms with Gasteiger partial charge in [-0.2, -0.15) is 5.10 Å². The lowest BCUT2D eigenvalue weighted by molar-refractivity contribution is 0.290. The van der Waals surface area contributed by atoms with Gasteiger partial charge >= 0.3 is 0 Å². The molecule has 8 heteroatoms. The molecular weight excluding hydrogens is 297 g/mol. The average Bonchev–Trinajstić information content (AvgIpc) is 2.85. The number of aromatic nitrogens is 2. The number of hydrogen-bond donors (Lipinski definition) is 1. The van der Waals surface area contributed by atoms with Crippen molar-refractivity contribution in [1.29, 1.82) is 0 Å². The van der Waals surface area contributed by atoms with Crippen molar-refractivity contribution in [2.75, 3.05) is 0 Å². The molecular formula is C13H16FN3O3S. The summed E-state index contributed by atoms with van der Waals surface area (Å²) in [5, 5.41) is 9.32. The zero-order chi connectivity index (χ0) is 15.6. The Morgan fingerprint density at radius 1 is 1.38 bits per heavy atom. The Morgan fingerprint density at radius 3 is 2.67 bits per heavy atom. The maximum atomic E-state index is 13.1. The first-order chi connectivity index (χ1) is 9.77. The highest BCUT2D eigenvalue weighted by atomic mass is 32.2. The Hall–Kier alpha value is -1.93. The fraction of sp³-hybridized carbons (Fsp3) is 0.308. The van der Waals surface area contributed by atoms with Crippen molar-refractivity contribution >= 4 is 10.0 Å². The molecule has 0 fully saturated rings. The molecule has 0 amide bonds. The Labute approximate surface area is 122 Å². The first-order valence-corrected chi connectivity index (χ1v) is 7.81. The van der Waals surface area contributed by atoms with Crippen LogP contribution in [-0.2, 0) is 16.6 Å². The van der Waals surface area contributed by atoms with Crippen LogP contribution in [0, 0.1) is 5.82 Å². The van der Waals surface area contributed by atoms with Crippen molar-refractivity contribution < 1.29 is 17.5 Å². The van der Waals surface area contributed by atoms with Crippen LogP contribution < -0.4 is 9.88 Å². The molecule has 0 saturated carbocycles. The van der Waals surface area contributed by atoms with Crippen molar-refractivity contribution in [2.24, 2.45) is 5.14 Å². The van der Waals surface area contributed by atoms with Gasteiger partial charge in [0.15, 0.2) is 0 Å². The minimum absolute atomic E-state index is 0.00185. The third-order valence-electron chi connectivity index (χ3n) is 2.78. The van der Waals surface area contributed by atoms with Crippen LogP contribution in [0.4, 0.5) is 4.39 Å². The second-order valence-electron chi connectivity index (χ2n) is 4.81. The molecule has 2 rings (SSSR count). The van der Waals surface area contributed by atoms with Crippen molar-refractivity contribution in [3.8, 4) is 5.75 Å². The topological polar surface area (TPSA) is 87.2 Å².